The Labute approximate surface area is 191 Å². The minimum Gasteiger partial charge on any atom is -0.324 e. The lowest BCUT2D eigenvalue weighted by atomic mass is 10.1. The van der Waals surface area contributed by atoms with E-state index in [-0.39, 0.29) is 11.5 Å². The number of carbonyl (C=O) groups is 1. The van der Waals surface area contributed by atoms with Crippen molar-refractivity contribution in [3.63, 3.8) is 0 Å². The Bertz CT molecular complexity index is 1370. The molecule has 4 aromatic rings. The standard InChI is InChI=1S/C25H25ClN4O2/c1-5-21(24(32)27-20-14-18(26)12-11-15(20)2)29-22(31)13-16(3)23-17(4)28-30(25(23)29)19-9-7-6-8-10-19/h6-14,21H,5H2,1-4H3,(H,27,32). The number of carbonyl (C=O) groups excluding carboxylic acids is 1. The van der Waals surface area contributed by atoms with E-state index in [1.54, 1.807) is 27.4 Å². The molecular formula is C25H25ClN4O2. The van der Waals surface area contributed by atoms with Crippen molar-refractivity contribution in [3.05, 3.63) is 86.8 Å². The Hall–Kier alpha value is -3.38. The van der Waals surface area contributed by atoms with Gasteiger partial charge in [-0.05, 0) is 62.6 Å². The van der Waals surface area contributed by atoms with E-state index in [1.165, 1.54) is 0 Å². The smallest absolute Gasteiger partial charge is 0.253 e. The summed E-state index contributed by atoms with van der Waals surface area (Å²) in [6.45, 7) is 7.61. The Morgan fingerprint density at radius 2 is 1.78 bits per heavy atom. The van der Waals surface area contributed by atoms with E-state index in [0.717, 1.165) is 27.9 Å². The van der Waals surface area contributed by atoms with Crippen LogP contribution in [0.15, 0.2) is 59.4 Å². The van der Waals surface area contributed by atoms with Crippen molar-refractivity contribution in [2.45, 2.75) is 40.2 Å². The molecule has 0 aliphatic rings. The summed E-state index contributed by atoms with van der Waals surface area (Å²) < 4.78 is 3.31. The highest BCUT2D eigenvalue weighted by atomic mass is 35.5. The van der Waals surface area contributed by atoms with Crippen LogP contribution in [0.25, 0.3) is 16.7 Å². The topological polar surface area (TPSA) is 68.9 Å². The van der Waals surface area contributed by atoms with Crippen molar-refractivity contribution >= 4 is 34.2 Å². The van der Waals surface area contributed by atoms with Gasteiger partial charge in [0.2, 0.25) is 5.91 Å². The molecular weight excluding hydrogens is 424 g/mol. The molecule has 0 aliphatic heterocycles. The number of aryl methyl sites for hydroxylation is 3. The van der Waals surface area contributed by atoms with Gasteiger partial charge < -0.3 is 5.32 Å². The maximum atomic E-state index is 13.4. The molecule has 6 nitrogen and oxygen atoms in total. The normalized spacial score (nSPS) is 12.2. The molecule has 0 spiro atoms. The summed E-state index contributed by atoms with van der Waals surface area (Å²) in [5.74, 6) is -0.274. The van der Waals surface area contributed by atoms with Crippen LogP contribution in [0.3, 0.4) is 0 Å². The second-order valence-electron chi connectivity index (χ2n) is 7.94. The zero-order valence-electron chi connectivity index (χ0n) is 18.5. The van der Waals surface area contributed by atoms with Gasteiger partial charge in [-0.2, -0.15) is 5.10 Å². The zero-order chi connectivity index (χ0) is 23.0. The Balaban J connectivity index is 1.91. The summed E-state index contributed by atoms with van der Waals surface area (Å²) in [6, 6.07) is 15.8. The molecule has 4 rings (SSSR count). The molecule has 1 N–H and O–H groups in total. The molecule has 164 valence electrons. The summed E-state index contributed by atoms with van der Waals surface area (Å²) in [6.07, 6.45) is 0.433. The van der Waals surface area contributed by atoms with Crippen molar-refractivity contribution in [2.24, 2.45) is 0 Å². The fraction of sp³-hybridized carbons (Fsp3) is 0.240. The molecule has 0 saturated heterocycles. The number of para-hydroxylation sites is 1. The summed E-state index contributed by atoms with van der Waals surface area (Å²) in [7, 11) is 0. The summed E-state index contributed by atoms with van der Waals surface area (Å²) in [5.41, 5.74) is 4.36. The largest absolute Gasteiger partial charge is 0.324 e. The van der Waals surface area contributed by atoms with Gasteiger partial charge in [-0.15, -0.1) is 0 Å². The molecule has 1 atom stereocenters. The number of fused-ring (bicyclic) bond motifs is 1. The number of amides is 1. The maximum absolute atomic E-state index is 13.4. The summed E-state index contributed by atoms with van der Waals surface area (Å²) >= 11 is 6.12. The predicted octanol–water partition coefficient (Wildman–Crippen LogP) is 5.36. The number of hydrogen-bond acceptors (Lipinski definition) is 3. The highest BCUT2D eigenvalue weighted by Crippen LogP contribution is 2.28. The first-order valence-electron chi connectivity index (χ1n) is 10.6. The van der Waals surface area contributed by atoms with E-state index in [1.807, 2.05) is 64.1 Å². The average molecular weight is 449 g/mol. The second-order valence-corrected chi connectivity index (χ2v) is 8.38. The molecule has 7 heteroatoms. The first-order valence-corrected chi connectivity index (χ1v) is 10.9. The van der Waals surface area contributed by atoms with Crippen LogP contribution in [0.5, 0.6) is 0 Å². The molecule has 1 amide bonds. The van der Waals surface area contributed by atoms with E-state index in [4.69, 9.17) is 16.7 Å². The van der Waals surface area contributed by atoms with Gasteiger partial charge in [0.1, 0.15) is 11.7 Å². The van der Waals surface area contributed by atoms with Crippen molar-refractivity contribution in [3.8, 4) is 5.69 Å². The number of halogens is 1. The van der Waals surface area contributed by atoms with Crippen LogP contribution in [0.4, 0.5) is 5.69 Å². The van der Waals surface area contributed by atoms with E-state index < -0.39 is 6.04 Å². The molecule has 2 aromatic heterocycles. The van der Waals surface area contributed by atoms with E-state index in [9.17, 15) is 9.59 Å². The lowest BCUT2D eigenvalue weighted by Crippen LogP contribution is -2.34. The minimum absolute atomic E-state index is 0.239. The fourth-order valence-electron chi connectivity index (χ4n) is 4.11. The van der Waals surface area contributed by atoms with Crippen LogP contribution in [0.1, 0.15) is 36.2 Å². The maximum Gasteiger partial charge on any atom is 0.253 e. The first-order chi connectivity index (χ1) is 15.3. The fourth-order valence-corrected chi connectivity index (χ4v) is 4.28. The second kappa shape index (κ2) is 8.63. The Morgan fingerprint density at radius 1 is 1.06 bits per heavy atom. The number of anilines is 1. The SMILES string of the molecule is CCC(C(=O)Nc1cc(Cl)ccc1C)n1c(=O)cc(C)c2c(C)nn(-c3ccccc3)c21. The lowest BCUT2D eigenvalue weighted by Gasteiger charge is -2.21. The van der Waals surface area contributed by atoms with Gasteiger partial charge in [0.15, 0.2) is 0 Å². The monoisotopic (exact) mass is 448 g/mol. The molecule has 1 unspecified atom stereocenters. The van der Waals surface area contributed by atoms with Crippen molar-refractivity contribution < 1.29 is 4.79 Å². The van der Waals surface area contributed by atoms with Crippen molar-refractivity contribution in [1.82, 2.24) is 14.3 Å². The number of pyridine rings is 1. The van der Waals surface area contributed by atoms with Gasteiger partial charge in [0, 0.05) is 22.2 Å². The van der Waals surface area contributed by atoms with Crippen LogP contribution in [-0.4, -0.2) is 20.3 Å². The van der Waals surface area contributed by atoms with Gasteiger partial charge in [-0.1, -0.05) is 42.8 Å². The van der Waals surface area contributed by atoms with Crippen molar-refractivity contribution in [2.75, 3.05) is 5.32 Å². The van der Waals surface area contributed by atoms with E-state index in [0.29, 0.717) is 22.8 Å². The van der Waals surface area contributed by atoms with Gasteiger partial charge in [0.05, 0.1) is 11.4 Å². The summed E-state index contributed by atoms with van der Waals surface area (Å²) in [5, 5.41) is 9.08. The van der Waals surface area contributed by atoms with E-state index in [2.05, 4.69) is 5.32 Å². The Morgan fingerprint density at radius 3 is 2.47 bits per heavy atom. The summed E-state index contributed by atoms with van der Waals surface area (Å²) in [4.78, 5) is 26.6. The Kier molecular flexibility index (Phi) is 5.89. The molecule has 32 heavy (non-hydrogen) atoms. The lowest BCUT2D eigenvalue weighted by molar-refractivity contribution is -0.119. The highest BCUT2D eigenvalue weighted by Gasteiger charge is 2.26. The minimum atomic E-state index is -0.720. The highest BCUT2D eigenvalue weighted by molar-refractivity contribution is 6.31. The third-order valence-electron chi connectivity index (χ3n) is 5.70. The van der Waals surface area contributed by atoms with Gasteiger partial charge in [-0.25, -0.2) is 4.68 Å². The molecule has 0 bridgehead atoms. The molecule has 0 aliphatic carbocycles. The first kappa shape index (κ1) is 21.8. The number of nitrogens with zero attached hydrogens (tertiary/aromatic N) is 3. The molecule has 2 aromatic carbocycles. The molecule has 0 fully saturated rings. The van der Waals surface area contributed by atoms with Crippen LogP contribution in [-0.2, 0) is 4.79 Å². The average Bonchev–Trinajstić information content (AvgIpc) is 3.11. The zero-order valence-corrected chi connectivity index (χ0v) is 19.3. The third-order valence-corrected chi connectivity index (χ3v) is 5.93. The van der Waals surface area contributed by atoms with Gasteiger partial charge >= 0.3 is 0 Å². The quantitative estimate of drug-likeness (QED) is 0.447. The third kappa shape index (κ3) is 3.82. The van der Waals surface area contributed by atoms with E-state index >= 15 is 0 Å². The number of hydrogen-bond donors (Lipinski definition) is 1. The molecule has 2 heterocycles. The van der Waals surface area contributed by atoms with Crippen LogP contribution in [0.2, 0.25) is 5.02 Å². The van der Waals surface area contributed by atoms with Crippen LogP contribution < -0.4 is 10.9 Å². The number of rotatable bonds is 5. The molecule has 0 saturated carbocycles. The predicted molar refractivity (Wildman–Crippen MR) is 129 cm³/mol. The number of nitrogens with one attached hydrogen (secondary N) is 1. The van der Waals surface area contributed by atoms with Gasteiger partial charge in [-0.3, -0.25) is 14.2 Å². The van der Waals surface area contributed by atoms with Crippen LogP contribution in [0, 0.1) is 20.8 Å². The number of benzene rings is 2. The molecule has 0 radical (unpaired) electrons. The van der Waals surface area contributed by atoms with Crippen molar-refractivity contribution in [1.29, 1.82) is 0 Å². The van der Waals surface area contributed by atoms with Gasteiger partial charge in [0.25, 0.3) is 5.56 Å². The number of aromatic nitrogens is 3. The van der Waals surface area contributed by atoms with Crippen LogP contribution >= 0.6 is 11.6 Å².